The molecule has 2 nitrogen and oxygen atoms in total. The van der Waals surface area contributed by atoms with Gasteiger partial charge in [0.15, 0.2) is 0 Å². The first-order valence-electron chi connectivity index (χ1n) is 19.9. The maximum absolute atomic E-state index is 4.83. The highest BCUT2D eigenvalue weighted by atomic mass is 15.1. The topological polar surface area (TPSA) is 25.8 Å². The molecule has 1 aromatic heterocycles. The van der Waals surface area contributed by atoms with Gasteiger partial charge in [0.25, 0.3) is 0 Å². The molecule has 0 N–H and O–H groups in total. The molecule has 4 bridgehead atoms. The fourth-order valence-corrected chi connectivity index (χ4v) is 12.1. The first-order chi connectivity index (χ1) is 26.7. The molecule has 1 spiro atoms. The molecule has 8 aromatic rings. The van der Waals surface area contributed by atoms with Gasteiger partial charge in [-0.1, -0.05) is 133 Å². The number of nitrogens with zero attached hydrogens (tertiary/aromatic N) is 2. The summed E-state index contributed by atoms with van der Waals surface area (Å²) in [6.07, 6.45) is 7.03. The SMILES string of the molecule is c1cc(-c2ccccc2-c2ccc(-c3cccc4ccccc34)nn2)cc(-c2cc3c(c4ccccc24)-c2ccccc2C32C3CC4CC(C3)CC2C4)c1. The van der Waals surface area contributed by atoms with Crippen LogP contribution in [0.5, 0.6) is 0 Å². The maximum Gasteiger partial charge on any atom is 0.0936 e. The molecule has 0 amide bonds. The molecule has 13 rings (SSSR count). The van der Waals surface area contributed by atoms with Crippen LogP contribution in [0.1, 0.15) is 43.2 Å². The van der Waals surface area contributed by atoms with E-state index in [0.717, 1.165) is 46.2 Å². The quantitative estimate of drug-likeness (QED) is 0.183. The van der Waals surface area contributed by atoms with Gasteiger partial charge >= 0.3 is 0 Å². The van der Waals surface area contributed by atoms with Crippen molar-refractivity contribution < 1.29 is 0 Å². The van der Waals surface area contributed by atoms with Crippen LogP contribution in [-0.4, -0.2) is 10.2 Å². The average molecular weight is 693 g/mol. The van der Waals surface area contributed by atoms with Crippen LogP contribution in [0.15, 0.2) is 158 Å². The van der Waals surface area contributed by atoms with Gasteiger partial charge < -0.3 is 0 Å². The zero-order valence-corrected chi connectivity index (χ0v) is 30.3. The van der Waals surface area contributed by atoms with E-state index in [1.165, 1.54) is 87.0 Å². The van der Waals surface area contributed by atoms with Crippen LogP contribution in [0, 0.1) is 23.7 Å². The highest BCUT2D eigenvalue weighted by Gasteiger charge is 2.61. The number of fused-ring (bicyclic) bond motifs is 6. The summed E-state index contributed by atoms with van der Waals surface area (Å²) in [6.45, 7) is 0. The Balaban J connectivity index is 0.993. The van der Waals surface area contributed by atoms with E-state index in [1.807, 2.05) is 0 Å². The van der Waals surface area contributed by atoms with Crippen LogP contribution < -0.4 is 0 Å². The van der Waals surface area contributed by atoms with Crippen molar-refractivity contribution in [3.05, 3.63) is 169 Å². The van der Waals surface area contributed by atoms with E-state index < -0.39 is 0 Å². The zero-order chi connectivity index (χ0) is 35.4. The third kappa shape index (κ3) is 4.28. The van der Waals surface area contributed by atoms with Crippen molar-refractivity contribution >= 4 is 21.5 Å². The Kier molecular flexibility index (Phi) is 6.55. The Hall–Kier alpha value is -5.86. The molecular formula is C52H40N2. The summed E-state index contributed by atoms with van der Waals surface area (Å²) in [7, 11) is 0. The van der Waals surface area contributed by atoms with Crippen molar-refractivity contribution in [1.82, 2.24) is 10.2 Å². The smallest absolute Gasteiger partial charge is 0.0936 e. The summed E-state index contributed by atoms with van der Waals surface area (Å²) < 4.78 is 0. The van der Waals surface area contributed by atoms with Crippen LogP contribution in [0.3, 0.4) is 0 Å². The number of hydrogen-bond donors (Lipinski definition) is 0. The fraction of sp³-hybridized carbons (Fsp3) is 0.192. The van der Waals surface area contributed by atoms with E-state index >= 15 is 0 Å². The molecule has 0 aliphatic heterocycles. The predicted octanol–water partition coefficient (Wildman–Crippen LogP) is 13.2. The molecule has 258 valence electrons. The second-order valence-corrected chi connectivity index (χ2v) is 16.6. The molecule has 5 aliphatic carbocycles. The van der Waals surface area contributed by atoms with Crippen molar-refractivity contribution in [2.24, 2.45) is 23.7 Å². The van der Waals surface area contributed by atoms with Crippen LogP contribution in [0.25, 0.3) is 77.4 Å². The molecular weight excluding hydrogens is 653 g/mol. The molecule has 2 heteroatoms. The minimum absolute atomic E-state index is 0.124. The first kappa shape index (κ1) is 30.6. The van der Waals surface area contributed by atoms with E-state index in [2.05, 4.69) is 158 Å². The normalized spacial score (nSPS) is 23.3. The molecule has 0 radical (unpaired) electrons. The van der Waals surface area contributed by atoms with Gasteiger partial charge in [-0.25, -0.2) is 0 Å². The second kappa shape index (κ2) is 11.6. The lowest BCUT2D eigenvalue weighted by atomic mass is 9.43. The highest BCUT2D eigenvalue weighted by molar-refractivity contribution is 6.09. The largest absolute Gasteiger partial charge is 0.150 e. The number of benzene rings is 7. The monoisotopic (exact) mass is 692 g/mol. The van der Waals surface area contributed by atoms with Crippen LogP contribution >= 0.6 is 0 Å². The van der Waals surface area contributed by atoms with E-state index in [1.54, 1.807) is 11.1 Å². The van der Waals surface area contributed by atoms with Crippen molar-refractivity contribution in [2.45, 2.75) is 37.5 Å². The van der Waals surface area contributed by atoms with Gasteiger partial charge in [0, 0.05) is 16.5 Å². The molecule has 4 saturated carbocycles. The van der Waals surface area contributed by atoms with Crippen molar-refractivity contribution in [3.8, 4) is 55.9 Å². The predicted molar refractivity (Wildman–Crippen MR) is 222 cm³/mol. The number of aromatic nitrogens is 2. The van der Waals surface area contributed by atoms with Gasteiger partial charge in [-0.2, -0.15) is 0 Å². The Morgan fingerprint density at radius 2 is 0.944 bits per heavy atom. The van der Waals surface area contributed by atoms with Crippen molar-refractivity contribution in [3.63, 3.8) is 0 Å². The molecule has 0 atom stereocenters. The van der Waals surface area contributed by atoms with Gasteiger partial charge in [-0.05, 0) is 146 Å². The molecule has 7 aromatic carbocycles. The van der Waals surface area contributed by atoms with Gasteiger partial charge in [-0.15, -0.1) is 10.2 Å². The van der Waals surface area contributed by atoms with E-state index in [4.69, 9.17) is 10.2 Å². The lowest BCUT2D eigenvalue weighted by Crippen LogP contribution is -2.55. The average Bonchev–Trinajstić information content (AvgIpc) is 3.53. The summed E-state index contributed by atoms with van der Waals surface area (Å²) in [4.78, 5) is 0. The van der Waals surface area contributed by atoms with E-state index in [-0.39, 0.29) is 5.41 Å². The van der Waals surface area contributed by atoms with E-state index in [0.29, 0.717) is 0 Å². The van der Waals surface area contributed by atoms with Crippen LogP contribution in [-0.2, 0) is 5.41 Å². The third-order valence-corrected chi connectivity index (χ3v) is 14.0. The molecule has 0 unspecified atom stereocenters. The Morgan fingerprint density at radius 1 is 0.389 bits per heavy atom. The minimum atomic E-state index is 0.124. The first-order valence-corrected chi connectivity index (χ1v) is 19.9. The maximum atomic E-state index is 4.83. The van der Waals surface area contributed by atoms with Gasteiger partial charge in [0.1, 0.15) is 0 Å². The summed E-state index contributed by atoms with van der Waals surface area (Å²) in [5, 5.41) is 14.8. The minimum Gasteiger partial charge on any atom is -0.150 e. The summed E-state index contributed by atoms with van der Waals surface area (Å²) >= 11 is 0. The standard InChI is InChI=1S/C52H40N2/c1-2-15-39-34(11-1)12-10-21-43(39)50-24-23-49(53-54-50)42-18-5-3-16-40(42)35-13-9-14-36(30-35)46-31-48-51(44-19-6-4-17-41(44)46)45-20-7-8-22-47(45)52(48)37-26-32-25-33(28-37)29-38(52)27-32/h1-24,30-33,37-38H,25-29H2. The summed E-state index contributed by atoms with van der Waals surface area (Å²) in [6, 6.07) is 58.4. The molecule has 4 fully saturated rings. The summed E-state index contributed by atoms with van der Waals surface area (Å²) in [5.41, 5.74) is 15.3. The van der Waals surface area contributed by atoms with E-state index in [9.17, 15) is 0 Å². The van der Waals surface area contributed by atoms with Crippen molar-refractivity contribution in [2.75, 3.05) is 0 Å². The second-order valence-electron chi connectivity index (χ2n) is 16.6. The fourth-order valence-electron chi connectivity index (χ4n) is 12.1. The van der Waals surface area contributed by atoms with Crippen molar-refractivity contribution in [1.29, 1.82) is 0 Å². The third-order valence-electron chi connectivity index (χ3n) is 14.0. The Morgan fingerprint density at radius 3 is 1.70 bits per heavy atom. The Labute approximate surface area is 316 Å². The zero-order valence-electron chi connectivity index (χ0n) is 30.3. The molecule has 5 aliphatic rings. The van der Waals surface area contributed by atoms with Gasteiger partial charge in [0.05, 0.1) is 11.4 Å². The van der Waals surface area contributed by atoms with Crippen LogP contribution in [0.2, 0.25) is 0 Å². The van der Waals surface area contributed by atoms with Gasteiger partial charge in [-0.3, -0.25) is 0 Å². The molecule has 54 heavy (non-hydrogen) atoms. The molecule has 1 heterocycles. The lowest BCUT2D eigenvalue weighted by Gasteiger charge is -2.61. The summed E-state index contributed by atoms with van der Waals surface area (Å²) in [5.74, 6) is 3.31. The molecule has 0 saturated heterocycles. The van der Waals surface area contributed by atoms with Gasteiger partial charge in [0.2, 0.25) is 0 Å². The number of rotatable bonds is 4. The van der Waals surface area contributed by atoms with Crippen LogP contribution in [0.4, 0.5) is 0 Å². The Bertz CT molecular complexity index is 2760. The highest BCUT2D eigenvalue weighted by Crippen LogP contribution is 2.70. The number of hydrogen-bond acceptors (Lipinski definition) is 2. The lowest BCUT2D eigenvalue weighted by molar-refractivity contribution is -0.0399.